The number of halogens is 3. The van der Waals surface area contributed by atoms with Crippen LogP contribution < -0.4 is 0 Å². The minimum Gasteiger partial charge on any atom is -0.385 e. The van der Waals surface area contributed by atoms with E-state index in [9.17, 15) is 9.50 Å². The maximum absolute atomic E-state index is 13.8. The third-order valence-corrected chi connectivity index (χ3v) is 3.75. The summed E-state index contributed by atoms with van der Waals surface area (Å²) in [4.78, 5) is 0. The largest absolute Gasteiger partial charge is 0.385 e. The molecule has 0 heterocycles. The highest BCUT2D eigenvalue weighted by atomic mass is 35.5. The van der Waals surface area contributed by atoms with Gasteiger partial charge in [-0.25, -0.2) is 4.39 Å². The van der Waals surface area contributed by atoms with Crippen LogP contribution in [0.4, 0.5) is 4.39 Å². The zero-order valence-corrected chi connectivity index (χ0v) is 9.58. The molecule has 15 heavy (non-hydrogen) atoms. The second kappa shape index (κ2) is 3.93. The molecular formula is C11H11Cl2FO. The van der Waals surface area contributed by atoms with Crippen LogP contribution in [0.2, 0.25) is 10.0 Å². The van der Waals surface area contributed by atoms with Crippen LogP contribution in [-0.4, -0.2) is 5.11 Å². The van der Waals surface area contributed by atoms with Crippen molar-refractivity contribution < 1.29 is 9.50 Å². The Morgan fingerprint density at radius 2 is 1.80 bits per heavy atom. The summed E-state index contributed by atoms with van der Waals surface area (Å²) < 4.78 is 13.8. The maximum atomic E-state index is 13.8. The maximum Gasteiger partial charge on any atom is 0.149 e. The van der Waals surface area contributed by atoms with Crippen LogP contribution in [0.1, 0.15) is 31.2 Å². The highest BCUT2D eigenvalue weighted by Crippen LogP contribution is 2.42. The first-order valence-corrected chi connectivity index (χ1v) is 5.66. The van der Waals surface area contributed by atoms with E-state index in [1.54, 1.807) is 0 Å². The Morgan fingerprint density at radius 1 is 1.20 bits per heavy atom. The summed E-state index contributed by atoms with van der Waals surface area (Å²) in [5.74, 6) is -0.589. The Kier molecular flexibility index (Phi) is 2.93. The monoisotopic (exact) mass is 248 g/mol. The van der Waals surface area contributed by atoms with Crippen LogP contribution in [0.5, 0.6) is 0 Å². The summed E-state index contributed by atoms with van der Waals surface area (Å²) in [5.41, 5.74) is -0.785. The number of hydrogen-bond acceptors (Lipinski definition) is 1. The molecule has 1 aromatic carbocycles. The minimum atomic E-state index is -1.06. The Hall–Kier alpha value is -0.310. The van der Waals surface area contributed by atoms with Crippen molar-refractivity contribution in [2.45, 2.75) is 31.3 Å². The van der Waals surface area contributed by atoms with Gasteiger partial charge in [0.1, 0.15) is 5.82 Å². The molecule has 1 aliphatic carbocycles. The third kappa shape index (κ3) is 1.86. The molecule has 1 aromatic rings. The van der Waals surface area contributed by atoms with E-state index in [-0.39, 0.29) is 15.6 Å². The zero-order chi connectivity index (χ0) is 11.1. The lowest BCUT2D eigenvalue weighted by Crippen LogP contribution is -2.22. The van der Waals surface area contributed by atoms with Crippen molar-refractivity contribution in [3.63, 3.8) is 0 Å². The molecule has 0 radical (unpaired) electrons. The van der Waals surface area contributed by atoms with Gasteiger partial charge >= 0.3 is 0 Å². The summed E-state index contributed by atoms with van der Waals surface area (Å²) in [6, 6.07) is 3.05. The molecule has 0 atom stereocenters. The summed E-state index contributed by atoms with van der Waals surface area (Å²) in [6.45, 7) is 0. The molecule has 1 saturated carbocycles. The quantitative estimate of drug-likeness (QED) is 0.748. The molecule has 82 valence electrons. The molecule has 1 fully saturated rings. The average molecular weight is 249 g/mol. The van der Waals surface area contributed by atoms with Crippen molar-refractivity contribution in [1.29, 1.82) is 0 Å². The number of hydrogen-bond donors (Lipinski definition) is 1. The van der Waals surface area contributed by atoms with Gasteiger partial charge in [0, 0.05) is 5.56 Å². The molecule has 0 amide bonds. The average Bonchev–Trinajstić information content (AvgIpc) is 2.62. The summed E-state index contributed by atoms with van der Waals surface area (Å²) in [5, 5.41) is 10.3. The third-order valence-electron chi connectivity index (χ3n) is 2.97. The van der Waals surface area contributed by atoms with Crippen LogP contribution >= 0.6 is 23.2 Å². The second-order valence-electron chi connectivity index (χ2n) is 3.96. The van der Waals surface area contributed by atoms with E-state index in [4.69, 9.17) is 23.2 Å². The van der Waals surface area contributed by atoms with Gasteiger partial charge in [0.2, 0.25) is 0 Å². The van der Waals surface area contributed by atoms with Gasteiger partial charge in [0.15, 0.2) is 0 Å². The topological polar surface area (TPSA) is 20.2 Å². The van der Waals surface area contributed by atoms with Crippen LogP contribution in [0.25, 0.3) is 0 Å². The molecule has 0 aliphatic heterocycles. The number of aliphatic hydroxyl groups is 1. The first-order chi connectivity index (χ1) is 7.04. The SMILES string of the molecule is OC1(c2ccc(Cl)c(Cl)c2F)CCCC1. The first-order valence-electron chi connectivity index (χ1n) is 4.91. The Labute approximate surface area is 97.8 Å². The summed E-state index contributed by atoms with van der Waals surface area (Å²) in [6.07, 6.45) is 3.00. The highest BCUT2D eigenvalue weighted by molar-refractivity contribution is 6.42. The van der Waals surface area contributed by atoms with E-state index in [1.807, 2.05) is 0 Å². The molecule has 0 bridgehead atoms. The molecule has 1 N–H and O–H groups in total. The van der Waals surface area contributed by atoms with Crippen LogP contribution in [-0.2, 0) is 5.60 Å². The van der Waals surface area contributed by atoms with Gasteiger partial charge in [0.25, 0.3) is 0 Å². The van der Waals surface area contributed by atoms with Gasteiger partial charge in [-0.05, 0) is 18.9 Å². The molecule has 0 unspecified atom stereocenters. The fourth-order valence-corrected chi connectivity index (χ4v) is 2.43. The van der Waals surface area contributed by atoms with Crippen molar-refractivity contribution in [3.05, 3.63) is 33.6 Å². The van der Waals surface area contributed by atoms with E-state index in [0.29, 0.717) is 12.8 Å². The predicted octanol–water partition coefficient (Wildman–Crippen LogP) is 3.89. The van der Waals surface area contributed by atoms with Gasteiger partial charge < -0.3 is 5.11 Å². The second-order valence-corrected chi connectivity index (χ2v) is 4.75. The Bertz CT molecular complexity index is 386. The fraction of sp³-hybridized carbons (Fsp3) is 0.455. The standard InChI is InChI=1S/C11H11Cl2FO/c12-8-4-3-7(10(14)9(8)13)11(15)5-1-2-6-11/h3-4,15H,1-2,5-6H2. The van der Waals surface area contributed by atoms with Gasteiger partial charge in [0.05, 0.1) is 15.6 Å². The molecule has 1 nitrogen and oxygen atoms in total. The normalized spacial score (nSPS) is 19.5. The van der Waals surface area contributed by atoms with Crippen LogP contribution in [0.15, 0.2) is 12.1 Å². The molecule has 0 aromatic heterocycles. The van der Waals surface area contributed by atoms with Crippen LogP contribution in [0, 0.1) is 5.82 Å². The summed E-state index contributed by atoms with van der Waals surface area (Å²) in [7, 11) is 0. The summed E-state index contributed by atoms with van der Waals surface area (Å²) >= 11 is 11.4. The van der Waals surface area contributed by atoms with E-state index in [1.165, 1.54) is 12.1 Å². The first kappa shape index (κ1) is 11.2. The van der Waals surface area contributed by atoms with Crippen molar-refractivity contribution in [3.8, 4) is 0 Å². The molecule has 2 rings (SSSR count). The molecule has 0 spiro atoms. The Balaban J connectivity index is 2.49. The molecule has 1 aliphatic rings. The number of rotatable bonds is 1. The van der Waals surface area contributed by atoms with E-state index in [2.05, 4.69) is 0 Å². The van der Waals surface area contributed by atoms with Crippen molar-refractivity contribution in [2.75, 3.05) is 0 Å². The van der Waals surface area contributed by atoms with Crippen LogP contribution in [0.3, 0.4) is 0 Å². The van der Waals surface area contributed by atoms with Gasteiger partial charge in [-0.3, -0.25) is 0 Å². The van der Waals surface area contributed by atoms with Gasteiger partial charge in [-0.2, -0.15) is 0 Å². The van der Waals surface area contributed by atoms with E-state index in [0.717, 1.165) is 12.8 Å². The molecule has 4 heteroatoms. The molecule has 0 saturated heterocycles. The highest BCUT2D eigenvalue weighted by Gasteiger charge is 2.36. The lowest BCUT2D eigenvalue weighted by molar-refractivity contribution is 0.0408. The number of benzene rings is 1. The predicted molar refractivity (Wildman–Crippen MR) is 58.8 cm³/mol. The zero-order valence-electron chi connectivity index (χ0n) is 8.06. The van der Waals surface area contributed by atoms with Crippen molar-refractivity contribution >= 4 is 23.2 Å². The smallest absolute Gasteiger partial charge is 0.149 e. The van der Waals surface area contributed by atoms with E-state index < -0.39 is 11.4 Å². The fourth-order valence-electron chi connectivity index (χ4n) is 2.11. The lowest BCUT2D eigenvalue weighted by Gasteiger charge is -2.23. The minimum absolute atomic E-state index is 0.102. The van der Waals surface area contributed by atoms with Gasteiger partial charge in [-0.1, -0.05) is 42.1 Å². The van der Waals surface area contributed by atoms with Crippen molar-refractivity contribution in [2.24, 2.45) is 0 Å². The van der Waals surface area contributed by atoms with E-state index >= 15 is 0 Å². The lowest BCUT2D eigenvalue weighted by atomic mass is 9.92. The molecular weight excluding hydrogens is 238 g/mol. The van der Waals surface area contributed by atoms with Crippen molar-refractivity contribution in [1.82, 2.24) is 0 Å². The van der Waals surface area contributed by atoms with Gasteiger partial charge in [-0.15, -0.1) is 0 Å². The Morgan fingerprint density at radius 3 is 2.40 bits per heavy atom.